The minimum absolute atomic E-state index is 0.538. The van der Waals surface area contributed by atoms with Crippen LogP contribution in [0.3, 0.4) is 0 Å². The molecule has 0 aromatic carbocycles. The van der Waals surface area contributed by atoms with E-state index in [-0.39, 0.29) is 0 Å². The molecule has 1 aromatic heterocycles. The van der Waals surface area contributed by atoms with E-state index in [1.54, 1.807) is 6.20 Å². The lowest BCUT2D eigenvalue weighted by atomic mass is 10.3. The molecule has 0 saturated carbocycles. The first-order valence-electron chi connectivity index (χ1n) is 5.35. The van der Waals surface area contributed by atoms with Crippen molar-refractivity contribution in [2.75, 3.05) is 13.1 Å². The van der Waals surface area contributed by atoms with Gasteiger partial charge in [0.15, 0.2) is 5.96 Å². The van der Waals surface area contributed by atoms with E-state index >= 15 is 0 Å². The predicted octanol–water partition coefficient (Wildman–Crippen LogP) is 0.657. The van der Waals surface area contributed by atoms with Crippen molar-refractivity contribution < 1.29 is 0 Å². The lowest BCUT2D eigenvalue weighted by molar-refractivity contribution is 0.741. The Labute approximate surface area is 90.2 Å². The standard InChI is InChI=1S/C10H19N5/c1-2-5-14-10(11)15-6-3-4-9-12-7-8-13-9/h7-8H,2-6H2,1H3,(H,12,13)(H3,11,14,15). The van der Waals surface area contributed by atoms with E-state index in [9.17, 15) is 0 Å². The second-order valence-electron chi connectivity index (χ2n) is 3.33. The molecule has 0 radical (unpaired) electrons. The van der Waals surface area contributed by atoms with E-state index < -0.39 is 0 Å². The van der Waals surface area contributed by atoms with Crippen molar-refractivity contribution in [3.05, 3.63) is 18.2 Å². The smallest absolute Gasteiger partial charge is 0.188 e. The molecular weight excluding hydrogens is 190 g/mol. The molecule has 0 aliphatic rings. The van der Waals surface area contributed by atoms with Gasteiger partial charge in [0.05, 0.1) is 0 Å². The highest BCUT2D eigenvalue weighted by Crippen LogP contribution is 1.92. The summed E-state index contributed by atoms with van der Waals surface area (Å²) in [6.07, 6.45) is 6.55. The maximum Gasteiger partial charge on any atom is 0.188 e. The van der Waals surface area contributed by atoms with Crippen LogP contribution in [0.4, 0.5) is 0 Å². The van der Waals surface area contributed by atoms with Crippen LogP contribution in [0.2, 0.25) is 0 Å². The first-order valence-corrected chi connectivity index (χ1v) is 5.35. The summed E-state index contributed by atoms with van der Waals surface area (Å²) in [5.41, 5.74) is 5.63. The van der Waals surface area contributed by atoms with Crippen LogP contribution in [0.5, 0.6) is 0 Å². The zero-order chi connectivity index (χ0) is 10.9. The first kappa shape index (κ1) is 11.6. The Morgan fingerprint density at radius 2 is 2.53 bits per heavy atom. The average Bonchev–Trinajstić information content (AvgIpc) is 2.74. The zero-order valence-corrected chi connectivity index (χ0v) is 9.16. The number of rotatable bonds is 6. The zero-order valence-electron chi connectivity index (χ0n) is 9.16. The molecule has 1 aromatic rings. The minimum Gasteiger partial charge on any atom is -0.370 e. The van der Waals surface area contributed by atoms with Gasteiger partial charge in [-0.25, -0.2) is 4.98 Å². The molecule has 4 N–H and O–H groups in total. The van der Waals surface area contributed by atoms with Crippen LogP contribution in [0.15, 0.2) is 17.4 Å². The van der Waals surface area contributed by atoms with Gasteiger partial charge in [0.25, 0.3) is 0 Å². The SMILES string of the molecule is CCCN=C(N)NCCCc1ncc[nH]1. The maximum atomic E-state index is 5.63. The molecule has 0 aliphatic carbocycles. The molecule has 0 saturated heterocycles. The predicted molar refractivity (Wildman–Crippen MR) is 61.7 cm³/mol. The number of aromatic amines is 1. The summed E-state index contributed by atoms with van der Waals surface area (Å²) in [6, 6.07) is 0. The molecule has 0 fully saturated rings. The monoisotopic (exact) mass is 209 g/mol. The summed E-state index contributed by atoms with van der Waals surface area (Å²) >= 11 is 0. The van der Waals surface area contributed by atoms with E-state index in [0.717, 1.165) is 38.2 Å². The van der Waals surface area contributed by atoms with Crippen molar-refractivity contribution in [1.29, 1.82) is 0 Å². The van der Waals surface area contributed by atoms with Gasteiger partial charge in [-0.05, 0) is 12.8 Å². The number of nitrogens with zero attached hydrogens (tertiary/aromatic N) is 2. The normalized spacial score (nSPS) is 11.7. The molecule has 0 spiro atoms. The quantitative estimate of drug-likeness (QED) is 0.366. The largest absolute Gasteiger partial charge is 0.370 e. The third kappa shape index (κ3) is 5.05. The topological polar surface area (TPSA) is 79.1 Å². The molecule has 0 amide bonds. The Hall–Kier alpha value is -1.52. The van der Waals surface area contributed by atoms with Crippen molar-refractivity contribution >= 4 is 5.96 Å². The third-order valence-corrected chi connectivity index (χ3v) is 1.96. The fourth-order valence-electron chi connectivity index (χ4n) is 1.20. The number of H-pyrrole nitrogens is 1. The molecule has 1 heterocycles. The maximum absolute atomic E-state index is 5.63. The summed E-state index contributed by atoms with van der Waals surface area (Å²) in [6.45, 7) is 3.70. The Bertz CT molecular complexity index is 278. The van der Waals surface area contributed by atoms with Gasteiger partial charge in [-0.1, -0.05) is 6.92 Å². The minimum atomic E-state index is 0.538. The molecule has 1 rings (SSSR count). The van der Waals surface area contributed by atoms with E-state index in [4.69, 9.17) is 5.73 Å². The summed E-state index contributed by atoms with van der Waals surface area (Å²) in [5.74, 6) is 1.55. The Balaban J connectivity index is 2.06. The molecule has 84 valence electrons. The average molecular weight is 209 g/mol. The second-order valence-corrected chi connectivity index (χ2v) is 3.33. The fourth-order valence-corrected chi connectivity index (χ4v) is 1.20. The lowest BCUT2D eigenvalue weighted by Gasteiger charge is -2.04. The van der Waals surface area contributed by atoms with Gasteiger partial charge >= 0.3 is 0 Å². The van der Waals surface area contributed by atoms with Crippen molar-refractivity contribution in [2.45, 2.75) is 26.2 Å². The van der Waals surface area contributed by atoms with Crippen LogP contribution in [-0.4, -0.2) is 29.0 Å². The molecule has 0 unspecified atom stereocenters. The van der Waals surface area contributed by atoms with E-state index in [0.29, 0.717) is 5.96 Å². The number of imidazole rings is 1. The van der Waals surface area contributed by atoms with Crippen LogP contribution in [0.1, 0.15) is 25.6 Å². The van der Waals surface area contributed by atoms with Gasteiger partial charge in [0, 0.05) is 31.9 Å². The lowest BCUT2D eigenvalue weighted by Crippen LogP contribution is -2.32. The highest BCUT2D eigenvalue weighted by Gasteiger charge is 1.95. The van der Waals surface area contributed by atoms with Gasteiger partial charge < -0.3 is 16.0 Å². The number of aryl methyl sites for hydroxylation is 1. The highest BCUT2D eigenvalue weighted by atomic mass is 15.1. The number of aliphatic imine (C=N–C) groups is 1. The number of nitrogens with one attached hydrogen (secondary N) is 2. The van der Waals surface area contributed by atoms with Crippen LogP contribution in [0.25, 0.3) is 0 Å². The summed E-state index contributed by atoms with van der Waals surface area (Å²) < 4.78 is 0. The number of hydrogen-bond donors (Lipinski definition) is 3. The van der Waals surface area contributed by atoms with Gasteiger partial charge in [-0.15, -0.1) is 0 Å². The molecule has 5 heteroatoms. The number of hydrogen-bond acceptors (Lipinski definition) is 2. The van der Waals surface area contributed by atoms with Crippen LogP contribution < -0.4 is 11.1 Å². The molecule has 0 bridgehead atoms. The van der Waals surface area contributed by atoms with Gasteiger partial charge in [0.1, 0.15) is 5.82 Å². The Morgan fingerprint density at radius 3 is 3.20 bits per heavy atom. The van der Waals surface area contributed by atoms with Crippen molar-refractivity contribution in [3.8, 4) is 0 Å². The van der Waals surface area contributed by atoms with Crippen LogP contribution in [-0.2, 0) is 6.42 Å². The molecule has 15 heavy (non-hydrogen) atoms. The van der Waals surface area contributed by atoms with Gasteiger partial charge in [-0.2, -0.15) is 0 Å². The van der Waals surface area contributed by atoms with Crippen LogP contribution >= 0.6 is 0 Å². The second kappa shape index (κ2) is 6.86. The number of nitrogens with two attached hydrogens (primary N) is 1. The number of aromatic nitrogens is 2. The van der Waals surface area contributed by atoms with Gasteiger partial charge in [-0.3, -0.25) is 4.99 Å². The molecule has 0 aliphatic heterocycles. The Kier molecular flexibility index (Phi) is 5.29. The molecule has 5 nitrogen and oxygen atoms in total. The molecular formula is C10H19N5. The summed E-state index contributed by atoms with van der Waals surface area (Å²) in [7, 11) is 0. The summed E-state index contributed by atoms with van der Waals surface area (Å²) in [4.78, 5) is 11.3. The van der Waals surface area contributed by atoms with Crippen LogP contribution in [0, 0.1) is 0 Å². The van der Waals surface area contributed by atoms with Crippen molar-refractivity contribution in [3.63, 3.8) is 0 Å². The number of guanidine groups is 1. The van der Waals surface area contributed by atoms with E-state index in [1.807, 2.05) is 6.20 Å². The summed E-state index contributed by atoms with van der Waals surface area (Å²) in [5, 5.41) is 3.07. The van der Waals surface area contributed by atoms with E-state index in [2.05, 4.69) is 27.2 Å². The Morgan fingerprint density at radius 1 is 1.67 bits per heavy atom. The third-order valence-electron chi connectivity index (χ3n) is 1.96. The highest BCUT2D eigenvalue weighted by molar-refractivity contribution is 5.77. The van der Waals surface area contributed by atoms with Gasteiger partial charge in [0.2, 0.25) is 0 Å². The molecule has 0 atom stereocenters. The first-order chi connectivity index (χ1) is 7.33. The fraction of sp³-hybridized carbons (Fsp3) is 0.600. The van der Waals surface area contributed by atoms with Crippen molar-refractivity contribution in [2.24, 2.45) is 10.7 Å². The van der Waals surface area contributed by atoms with E-state index in [1.165, 1.54) is 0 Å². The van der Waals surface area contributed by atoms with Crippen molar-refractivity contribution in [1.82, 2.24) is 15.3 Å².